The first-order valence-electron chi connectivity index (χ1n) is 5.50. The zero-order chi connectivity index (χ0) is 13.1. The number of aliphatic carboxylic acids is 1. The number of halogens is 2. The molecule has 1 amide bonds. The van der Waals surface area contributed by atoms with E-state index >= 15 is 0 Å². The number of rotatable bonds is 3. The molecule has 2 heterocycles. The molecular weight excluding hydrogens is 354 g/mol. The van der Waals surface area contributed by atoms with Gasteiger partial charge in [-0.25, -0.2) is 0 Å². The Balaban J connectivity index is 0.00000180. The highest BCUT2D eigenvalue weighted by Crippen LogP contribution is 2.21. The Morgan fingerprint density at radius 2 is 2.26 bits per heavy atom. The summed E-state index contributed by atoms with van der Waals surface area (Å²) in [5.41, 5.74) is 0. The van der Waals surface area contributed by atoms with E-state index in [2.05, 4.69) is 15.9 Å². The van der Waals surface area contributed by atoms with Crippen molar-refractivity contribution < 1.29 is 14.7 Å². The van der Waals surface area contributed by atoms with Gasteiger partial charge in [-0.15, -0.1) is 23.7 Å². The van der Waals surface area contributed by atoms with Gasteiger partial charge in [0.1, 0.15) is 0 Å². The van der Waals surface area contributed by atoms with Gasteiger partial charge in [-0.3, -0.25) is 9.59 Å². The summed E-state index contributed by atoms with van der Waals surface area (Å²) in [4.78, 5) is 25.2. The number of carboxylic acids is 1. The van der Waals surface area contributed by atoms with Gasteiger partial charge in [-0.05, 0) is 34.5 Å². The molecule has 7 heteroatoms. The molecule has 1 aliphatic heterocycles. The molecule has 4 nitrogen and oxygen atoms in total. The molecule has 0 aromatic carbocycles. The quantitative estimate of drug-likeness (QED) is 0.837. The fourth-order valence-electron chi connectivity index (χ4n) is 1.84. The van der Waals surface area contributed by atoms with Crippen LogP contribution in [0.15, 0.2) is 22.0 Å². The standard InChI is InChI=1S/C12H12BrNO3S.ClH/c13-9-5-10(18-7-9)1-2-11(15)14-4-3-8(6-14)12(16)17;/h1-2,5,7-8H,3-4,6H2,(H,16,17);1H. The van der Waals surface area contributed by atoms with Gasteiger partial charge in [0.15, 0.2) is 0 Å². The van der Waals surface area contributed by atoms with Crippen LogP contribution in [0.1, 0.15) is 11.3 Å². The average molecular weight is 367 g/mol. The first kappa shape index (κ1) is 16.2. The van der Waals surface area contributed by atoms with Gasteiger partial charge in [0.2, 0.25) is 5.91 Å². The van der Waals surface area contributed by atoms with E-state index in [1.807, 2.05) is 11.4 Å². The fourth-order valence-corrected chi connectivity index (χ4v) is 3.17. The normalized spacial score (nSPS) is 18.6. The molecular formula is C12H13BrClNO3S. The van der Waals surface area contributed by atoms with Crippen molar-refractivity contribution in [2.24, 2.45) is 5.92 Å². The third-order valence-electron chi connectivity index (χ3n) is 2.83. The highest BCUT2D eigenvalue weighted by molar-refractivity contribution is 9.10. The molecule has 0 radical (unpaired) electrons. The van der Waals surface area contributed by atoms with Crippen LogP contribution in [0, 0.1) is 5.92 Å². The Hall–Kier alpha value is -0.850. The van der Waals surface area contributed by atoms with Crippen LogP contribution in [0.3, 0.4) is 0 Å². The van der Waals surface area contributed by atoms with E-state index in [1.165, 1.54) is 6.08 Å². The van der Waals surface area contributed by atoms with Crippen molar-refractivity contribution in [3.8, 4) is 0 Å². The number of carbonyl (C=O) groups is 2. The van der Waals surface area contributed by atoms with Crippen LogP contribution >= 0.6 is 39.7 Å². The lowest BCUT2D eigenvalue weighted by atomic mass is 10.1. The number of hydrogen-bond acceptors (Lipinski definition) is 3. The molecule has 0 saturated carbocycles. The lowest BCUT2D eigenvalue weighted by Crippen LogP contribution is -2.28. The molecule has 1 fully saturated rings. The second-order valence-electron chi connectivity index (χ2n) is 4.11. The number of carbonyl (C=O) groups excluding carboxylic acids is 1. The Morgan fingerprint density at radius 3 is 2.79 bits per heavy atom. The lowest BCUT2D eigenvalue weighted by Gasteiger charge is -2.12. The van der Waals surface area contributed by atoms with Crippen LogP contribution in [0.5, 0.6) is 0 Å². The highest BCUT2D eigenvalue weighted by Gasteiger charge is 2.29. The molecule has 104 valence electrons. The molecule has 0 aliphatic carbocycles. The van der Waals surface area contributed by atoms with Crippen molar-refractivity contribution in [1.29, 1.82) is 0 Å². The summed E-state index contributed by atoms with van der Waals surface area (Å²) in [7, 11) is 0. The second-order valence-corrected chi connectivity index (χ2v) is 5.97. The van der Waals surface area contributed by atoms with Gasteiger partial charge in [0.25, 0.3) is 0 Å². The minimum Gasteiger partial charge on any atom is -0.481 e. The fraction of sp³-hybridized carbons (Fsp3) is 0.333. The van der Waals surface area contributed by atoms with Crippen molar-refractivity contribution >= 4 is 57.6 Å². The smallest absolute Gasteiger partial charge is 0.308 e. The van der Waals surface area contributed by atoms with Gasteiger partial charge in [0.05, 0.1) is 5.92 Å². The largest absolute Gasteiger partial charge is 0.481 e. The molecule has 1 N–H and O–H groups in total. The summed E-state index contributed by atoms with van der Waals surface area (Å²) in [6.45, 7) is 0.834. The Labute approximate surface area is 129 Å². The maximum absolute atomic E-state index is 11.8. The first-order chi connectivity index (χ1) is 8.56. The van der Waals surface area contributed by atoms with Crippen LogP contribution in [-0.2, 0) is 9.59 Å². The molecule has 19 heavy (non-hydrogen) atoms. The van der Waals surface area contributed by atoms with Gasteiger partial charge >= 0.3 is 5.97 Å². The summed E-state index contributed by atoms with van der Waals surface area (Å²) in [5.74, 6) is -1.36. The summed E-state index contributed by atoms with van der Waals surface area (Å²) < 4.78 is 0.992. The predicted octanol–water partition coefficient (Wildman–Crippen LogP) is 2.88. The van der Waals surface area contributed by atoms with Gasteiger partial charge in [-0.1, -0.05) is 0 Å². The maximum atomic E-state index is 11.8. The van der Waals surface area contributed by atoms with Crippen LogP contribution in [0.4, 0.5) is 0 Å². The zero-order valence-corrected chi connectivity index (χ0v) is 13.1. The molecule has 1 unspecified atom stereocenters. The monoisotopic (exact) mass is 365 g/mol. The summed E-state index contributed by atoms with van der Waals surface area (Å²) in [5, 5.41) is 10.8. The molecule has 0 bridgehead atoms. The molecule has 1 aromatic heterocycles. The minimum atomic E-state index is -0.823. The van der Waals surface area contributed by atoms with E-state index in [1.54, 1.807) is 22.3 Å². The molecule has 1 aliphatic rings. The number of hydrogen-bond donors (Lipinski definition) is 1. The first-order valence-corrected chi connectivity index (χ1v) is 7.17. The maximum Gasteiger partial charge on any atom is 0.308 e. The van der Waals surface area contributed by atoms with Crippen LogP contribution < -0.4 is 0 Å². The zero-order valence-electron chi connectivity index (χ0n) is 9.91. The highest BCUT2D eigenvalue weighted by atomic mass is 79.9. The third-order valence-corrected chi connectivity index (χ3v) is 4.49. The Bertz CT molecular complexity index is 503. The van der Waals surface area contributed by atoms with Crippen LogP contribution in [0.25, 0.3) is 6.08 Å². The lowest BCUT2D eigenvalue weighted by molar-refractivity contribution is -0.141. The SMILES string of the molecule is Cl.O=C(O)C1CCN(C(=O)C=Cc2cc(Br)cs2)C1. The average Bonchev–Trinajstić information content (AvgIpc) is 2.94. The number of amides is 1. The number of nitrogens with zero attached hydrogens (tertiary/aromatic N) is 1. The topological polar surface area (TPSA) is 57.6 Å². The van der Waals surface area contributed by atoms with E-state index in [0.717, 1.165) is 9.35 Å². The predicted molar refractivity (Wildman–Crippen MR) is 80.6 cm³/mol. The van der Waals surface area contributed by atoms with E-state index in [0.29, 0.717) is 19.5 Å². The van der Waals surface area contributed by atoms with Crippen molar-refractivity contribution in [3.05, 3.63) is 26.9 Å². The van der Waals surface area contributed by atoms with Crippen molar-refractivity contribution in [2.75, 3.05) is 13.1 Å². The van der Waals surface area contributed by atoms with Crippen molar-refractivity contribution in [1.82, 2.24) is 4.90 Å². The van der Waals surface area contributed by atoms with E-state index in [-0.39, 0.29) is 18.3 Å². The van der Waals surface area contributed by atoms with Gasteiger partial charge in [-0.2, -0.15) is 0 Å². The number of carboxylic acid groups (broad SMARTS) is 1. The van der Waals surface area contributed by atoms with Crippen molar-refractivity contribution in [2.45, 2.75) is 6.42 Å². The summed E-state index contributed by atoms with van der Waals surface area (Å²) >= 11 is 4.89. The molecule has 0 spiro atoms. The minimum absolute atomic E-state index is 0. The van der Waals surface area contributed by atoms with Crippen LogP contribution in [0.2, 0.25) is 0 Å². The Kier molecular flexibility index (Phi) is 6.03. The number of likely N-dealkylation sites (tertiary alicyclic amines) is 1. The van der Waals surface area contributed by atoms with E-state index < -0.39 is 11.9 Å². The second kappa shape index (κ2) is 7.07. The van der Waals surface area contributed by atoms with Crippen LogP contribution in [-0.4, -0.2) is 35.0 Å². The summed E-state index contributed by atoms with van der Waals surface area (Å²) in [6.07, 6.45) is 3.80. The molecule has 1 atom stereocenters. The van der Waals surface area contributed by atoms with E-state index in [9.17, 15) is 9.59 Å². The van der Waals surface area contributed by atoms with Crippen molar-refractivity contribution in [3.63, 3.8) is 0 Å². The molecule has 1 aromatic rings. The third kappa shape index (κ3) is 4.33. The summed E-state index contributed by atoms with van der Waals surface area (Å²) in [6, 6.07) is 1.93. The molecule has 1 saturated heterocycles. The van der Waals surface area contributed by atoms with E-state index in [4.69, 9.17) is 5.11 Å². The van der Waals surface area contributed by atoms with Gasteiger partial charge in [0, 0.05) is 33.9 Å². The molecule has 2 rings (SSSR count). The number of thiophene rings is 1. The Morgan fingerprint density at radius 1 is 1.53 bits per heavy atom. The van der Waals surface area contributed by atoms with Gasteiger partial charge < -0.3 is 10.0 Å².